The standard InChI is InChI=1S/C18H23NO3.ClH/c1-4-15(19)14-10-17(20-2)18(21-3)11-16(14)22-12-13-8-6-5-7-9-13;/h5-11,15H,4,12,19H2,1-3H3;1H/t15-;/m1./s1. The van der Waals surface area contributed by atoms with Gasteiger partial charge < -0.3 is 19.9 Å². The van der Waals surface area contributed by atoms with Crippen LogP contribution in [0.2, 0.25) is 0 Å². The molecule has 0 saturated carbocycles. The molecule has 0 aromatic heterocycles. The smallest absolute Gasteiger partial charge is 0.164 e. The largest absolute Gasteiger partial charge is 0.493 e. The van der Waals surface area contributed by atoms with E-state index >= 15 is 0 Å². The molecule has 0 amide bonds. The van der Waals surface area contributed by atoms with Crippen molar-refractivity contribution in [2.75, 3.05) is 14.2 Å². The number of halogens is 1. The fraction of sp³-hybridized carbons (Fsp3) is 0.333. The molecule has 126 valence electrons. The van der Waals surface area contributed by atoms with Gasteiger partial charge in [0.25, 0.3) is 0 Å². The molecule has 0 unspecified atom stereocenters. The van der Waals surface area contributed by atoms with Gasteiger partial charge in [0.2, 0.25) is 0 Å². The van der Waals surface area contributed by atoms with E-state index in [9.17, 15) is 0 Å². The molecule has 4 nitrogen and oxygen atoms in total. The van der Waals surface area contributed by atoms with Gasteiger partial charge in [-0.25, -0.2) is 0 Å². The van der Waals surface area contributed by atoms with Crippen LogP contribution in [0.4, 0.5) is 0 Å². The summed E-state index contributed by atoms with van der Waals surface area (Å²) in [6.07, 6.45) is 0.817. The predicted octanol–water partition coefficient (Wildman–Crippen LogP) is 4.11. The van der Waals surface area contributed by atoms with Crippen LogP contribution in [0.3, 0.4) is 0 Å². The van der Waals surface area contributed by atoms with Crippen LogP contribution >= 0.6 is 12.4 Å². The highest BCUT2D eigenvalue weighted by atomic mass is 35.5. The Morgan fingerprint density at radius 2 is 1.57 bits per heavy atom. The second-order valence-electron chi connectivity index (χ2n) is 5.03. The van der Waals surface area contributed by atoms with E-state index in [1.165, 1.54) is 0 Å². The van der Waals surface area contributed by atoms with Gasteiger partial charge in [-0.1, -0.05) is 37.3 Å². The number of methoxy groups -OCH3 is 2. The highest BCUT2D eigenvalue weighted by Gasteiger charge is 2.16. The lowest BCUT2D eigenvalue weighted by atomic mass is 10.0. The average Bonchev–Trinajstić information content (AvgIpc) is 2.59. The third kappa shape index (κ3) is 4.78. The Labute approximate surface area is 144 Å². The van der Waals surface area contributed by atoms with Crippen LogP contribution in [0, 0.1) is 0 Å². The monoisotopic (exact) mass is 337 g/mol. The molecule has 5 heteroatoms. The molecule has 0 saturated heterocycles. The maximum Gasteiger partial charge on any atom is 0.164 e. The normalized spacial score (nSPS) is 11.3. The maximum atomic E-state index is 6.20. The van der Waals surface area contributed by atoms with Crippen molar-refractivity contribution in [2.45, 2.75) is 26.0 Å². The molecule has 0 aliphatic carbocycles. The minimum atomic E-state index is -0.106. The van der Waals surface area contributed by atoms with Crippen LogP contribution in [-0.2, 0) is 6.61 Å². The van der Waals surface area contributed by atoms with Crippen LogP contribution in [0.1, 0.15) is 30.5 Å². The van der Waals surface area contributed by atoms with Gasteiger partial charge in [-0.05, 0) is 18.1 Å². The lowest BCUT2D eigenvalue weighted by molar-refractivity contribution is 0.294. The zero-order valence-corrected chi connectivity index (χ0v) is 14.6. The molecular formula is C18H24ClNO3. The third-order valence-electron chi connectivity index (χ3n) is 3.59. The van der Waals surface area contributed by atoms with Crippen molar-refractivity contribution in [1.29, 1.82) is 0 Å². The summed E-state index contributed by atoms with van der Waals surface area (Å²) in [5, 5.41) is 0. The number of hydrogen-bond donors (Lipinski definition) is 1. The first-order chi connectivity index (χ1) is 10.7. The minimum Gasteiger partial charge on any atom is -0.493 e. The second-order valence-corrected chi connectivity index (χ2v) is 5.03. The summed E-state index contributed by atoms with van der Waals surface area (Å²) in [5.41, 5.74) is 8.23. The summed E-state index contributed by atoms with van der Waals surface area (Å²) in [5.74, 6) is 2.03. The van der Waals surface area contributed by atoms with Crippen molar-refractivity contribution < 1.29 is 14.2 Å². The van der Waals surface area contributed by atoms with Crippen molar-refractivity contribution in [2.24, 2.45) is 5.73 Å². The van der Waals surface area contributed by atoms with Gasteiger partial charge in [-0.3, -0.25) is 0 Å². The van der Waals surface area contributed by atoms with E-state index in [-0.39, 0.29) is 18.4 Å². The molecule has 0 radical (unpaired) electrons. The Balaban J connectivity index is 0.00000264. The molecular weight excluding hydrogens is 314 g/mol. The first-order valence-corrected chi connectivity index (χ1v) is 7.37. The maximum absolute atomic E-state index is 6.20. The van der Waals surface area contributed by atoms with Gasteiger partial charge in [-0.2, -0.15) is 0 Å². The summed E-state index contributed by atoms with van der Waals surface area (Å²) in [6, 6.07) is 13.7. The first-order valence-electron chi connectivity index (χ1n) is 7.37. The van der Waals surface area contributed by atoms with E-state index in [1.54, 1.807) is 14.2 Å². The summed E-state index contributed by atoms with van der Waals surface area (Å²) in [6.45, 7) is 2.53. The highest BCUT2D eigenvalue weighted by Crippen LogP contribution is 2.38. The first kappa shape index (κ1) is 19.1. The number of ether oxygens (including phenoxy) is 3. The Morgan fingerprint density at radius 3 is 2.13 bits per heavy atom. The average molecular weight is 338 g/mol. The lowest BCUT2D eigenvalue weighted by Gasteiger charge is -2.19. The summed E-state index contributed by atoms with van der Waals surface area (Å²) >= 11 is 0. The van der Waals surface area contributed by atoms with E-state index in [2.05, 4.69) is 0 Å². The summed E-state index contributed by atoms with van der Waals surface area (Å²) < 4.78 is 16.7. The van der Waals surface area contributed by atoms with E-state index in [1.807, 2.05) is 49.4 Å². The van der Waals surface area contributed by atoms with Gasteiger partial charge in [0, 0.05) is 17.7 Å². The number of nitrogens with two attached hydrogens (primary N) is 1. The van der Waals surface area contributed by atoms with Crippen LogP contribution in [0.15, 0.2) is 42.5 Å². The molecule has 0 fully saturated rings. The molecule has 0 aliphatic heterocycles. The van der Waals surface area contributed by atoms with Crippen LogP contribution in [0.5, 0.6) is 17.2 Å². The molecule has 0 bridgehead atoms. The van der Waals surface area contributed by atoms with Gasteiger partial charge in [0.15, 0.2) is 11.5 Å². The van der Waals surface area contributed by atoms with Gasteiger partial charge >= 0.3 is 0 Å². The number of benzene rings is 2. The van der Waals surface area contributed by atoms with E-state index in [0.29, 0.717) is 18.1 Å². The van der Waals surface area contributed by atoms with Gasteiger partial charge in [0.1, 0.15) is 12.4 Å². The minimum absolute atomic E-state index is 0. The molecule has 0 heterocycles. The molecule has 0 aliphatic rings. The molecule has 23 heavy (non-hydrogen) atoms. The SMILES string of the molecule is CC[C@@H](N)c1cc(OC)c(OC)cc1OCc1ccccc1.Cl. The fourth-order valence-electron chi connectivity index (χ4n) is 2.25. The van der Waals surface area contributed by atoms with E-state index in [4.69, 9.17) is 19.9 Å². The quantitative estimate of drug-likeness (QED) is 0.826. The Bertz CT molecular complexity index is 605. The van der Waals surface area contributed by atoms with Crippen molar-refractivity contribution in [3.8, 4) is 17.2 Å². The van der Waals surface area contributed by atoms with Crippen LogP contribution < -0.4 is 19.9 Å². The van der Waals surface area contributed by atoms with Crippen LogP contribution in [0.25, 0.3) is 0 Å². The van der Waals surface area contributed by atoms with E-state index < -0.39 is 0 Å². The lowest BCUT2D eigenvalue weighted by Crippen LogP contribution is -2.11. The third-order valence-corrected chi connectivity index (χ3v) is 3.59. The second kappa shape index (κ2) is 9.28. The fourth-order valence-corrected chi connectivity index (χ4v) is 2.25. The van der Waals surface area contributed by atoms with Crippen molar-refractivity contribution in [1.82, 2.24) is 0 Å². The summed E-state index contributed by atoms with van der Waals surface area (Å²) in [7, 11) is 3.22. The zero-order chi connectivity index (χ0) is 15.9. The molecule has 2 N–H and O–H groups in total. The van der Waals surface area contributed by atoms with Crippen molar-refractivity contribution in [3.05, 3.63) is 53.6 Å². The Morgan fingerprint density at radius 1 is 0.957 bits per heavy atom. The predicted molar refractivity (Wildman–Crippen MR) is 94.8 cm³/mol. The molecule has 1 atom stereocenters. The summed E-state index contributed by atoms with van der Waals surface area (Å²) in [4.78, 5) is 0. The Kier molecular flexibility index (Phi) is 7.72. The molecule has 2 rings (SSSR count). The molecule has 2 aromatic rings. The highest BCUT2D eigenvalue weighted by molar-refractivity contribution is 5.85. The van der Waals surface area contributed by atoms with Gasteiger partial charge in [0.05, 0.1) is 14.2 Å². The van der Waals surface area contributed by atoms with Crippen molar-refractivity contribution >= 4 is 12.4 Å². The Hall–Kier alpha value is -1.91. The van der Waals surface area contributed by atoms with Crippen molar-refractivity contribution in [3.63, 3.8) is 0 Å². The number of rotatable bonds is 7. The van der Waals surface area contributed by atoms with Gasteiger partial charge in [-0.15, -0.1) is 12.4 Å². The van der Waals surface area contributed by atoms with E-state index in [0.717, 1.165) is 23.3 Å². The van der Waals surface area contributed by atoms with Crippen LogP contribution in [-0.4, -0.2) is 14.2 Å². The molecule has 2 aromatic carbocycles. The molecule has 0 spiro atoms. The topological polar surface area (TPSA) is 53.7 Å². The number of hydrogen-bond acceptors (Lipinski definition) is 4. The zero-order valence-electron chi connectivity index (χ0n) is 13.7.